The molecule has 1 N–H and O–H groups in total. The minimum atomic E-state index is -0.443. The van der Waals surface area contributed by atoms with Gasteiger partial charge in [0.15, 0.2) is 11.5 Å². The van der Waals surface area contributed by atoms with Crippen LogP contribution >= 0.6 is 0 Å². The summed E-state index contributed by atoms with van der Waals surface area (Å²) in [7, 11) is 0. The van der Waals surface area contributed by atoms with Crippen molar-refractivity contribution in [2.75, 3.05) is 13.2 Å². The quantitative estimate of drug-likeness (QED) is 0.173. The number of nitro groups is 1. The standard InChI is InChI=1S/C26H25N3O6/c1-3-15-34-24-14-9-21(16-25(24)33-4-2)26(30)28-27-17-19-7-12-23(13-8-19)35-18-20-5-10-22(11-6-20)29(31)32/h3,5-14,16-17H,1,4,15,18H2,2H3,(H,28,30)/b27-17+. The maximum absolute atomic E-state index is 12.5. The molecule has 0 aliphatic carbocycles. The van der Waals surface area contributed by atoms with E-state index in [4.69, 9.17) is 14.2 Å². The van der Waals surface area contributed by atoms with Crippen molar-refractivity contribution in [2.24, 2.45) is 5.10 Å². The van der Waals surface area contributed by atoms with Crippen LogP contribution in [0.3, 0.4) is 0 Å². The summed E-state index contributed by atoms with van der Waals surface area (Å²) in [6, 6.07) is 18.2. The molecule has 0 spiro atoms. The molecular formula is C26H25N3O6. The molecule has 0 heterocycles. The predicted molar refractivity (Wildman–Crippen MR) is 132 cm³/mol. The number of rotatable bonds is 12. The van der Waals surface area contributed by atoms with Crippen LogP contribution in [0.5, 0.6) is 17.2 Å². The van der Waals surface area contributed by atoms with Gasteiger partial charge in [0.25, 0.3) is 11.6 Å². The van der Waals surface area contributed by atoms with Crippen molar-refractivity contribution in [3.63, 3.8) is 0 Å². The Morgan fingerprint density at radius 2 is 1.77 bits per heavy atom. The molecule has 0 saturated heterocycles. The minimum Gasteiger partial charge on any atom is -0.490 e. The van der Waals surface area contributed by atoms with Crippen LogP contribution in [-0.2, 0) is 6.61 Å². The molecule has 0 atom stereocenters. The summed E-state index contributed by atoms with van der Waals surface area (Å²) in [4.78, 5) is 22.7. The highest BCUT2D eigenvalue weighted by Crippen LogP contribution is 2.28. The highest BCUT2D eigenvalue weighted by atomic mass is 16.6. The Kier molecular flexibility index (Phi) is 8.95. The molecule has 0 fully saturated rings. The first-order valence-corrected chi connectivity index (χ1v) is 10.8. The molecule has 3 aromatic carbocycles. The van der Waals surface area contributed by atoms with Crippen molar-refractivity contribution in [3.05, 3.63) is 106 Å². The summed E-state index contributed by atoms with van der Waals surface area (Å²) in [5.74, 6) is 1.24. The zero-order chi connectivity index (χ0) is 25.0. The van der Waals surface area contributed by atoms with Crippen molar-refractivity contribution in [1.82, 2.24) is 5.43 Å². The van der Waals surface area contributed by atoms with E-state index < -0.39 is 4.92 Å². The van der Waals surface area contributed by atoms with Gasteiger partial charge in [-0.2, -0.15) is 5.10 Å². The molecule has 0 saturated carbocycles. The lowest BCUT2D eigenvalue weighted by atomic mass is 10.2. The van der Waals surface area contributed by atoms with Crippen LogP contribution in [-0.4, -0.2) is 30.3 Å². The van der Waals surface area contributed by atoms with E-state index in [1.807, 2.05) is 6.92 Å². The van der Waals surface area contributed by atoms with Gasteiger partial charge < -0.3 is 14.2 Å². The van der Waals surface area contributed by atoms with Crippen LogP contribution in [0.1, 0.15) is 28.4 Å². The molecule has 0 bridgehead atoms. The fourth-order valence-electron chi connectivity index (χ4n) is 2.95. The normalized spacial score (nSPS) is 10.5. The number of benzene rings is 3. The second kappa shape index (κ2) is 12.5. The Morgan fingerprint density at radius 1 is 1.03 bits per heavy atom. The third-order valence-electron chi connectivity index (χ3n) is 4.67. The molecule has 35 heavy (non-hydrogen) atoms. The lowest BCUT2D eigenvalue weighted by molar-refractivity contribution is -0.384. The average Bonchev–Trinajstić information content (AvgIpc) is 2.87. The molecule has 0 aliphatic rings. The van der Waals surface area contributed by atoms with Gasteiger partial charge in [-0.25, -0.2) is 5.43 Å². The Bertz CT molecular complexity index is 1190. The number of hydrazone groups is 1. The van der Waals surface area contributed by atoms with Crippen molar-refractivity contribution < 1.29 is 23.9 Å². The SMILES string of the molecule is C=CCOc1ccc(C(=O)N/N=C/c2ccc(OCc3ccc([N+](=O)[O-])cc3)cc2)cc1OCC. The van der Waals surface area contributed by atoms with Crippen LogP contribution in [0.2, 0.25) is 0 Å². The van der Waals surface area contributed by atoms with Gasteiger partial charge in [0, 0.05) is 17.7 Å². The molecule has 9 nitrogen and oxygen atoms in total. The maximum Gasteiger partial charge on any atom is 0.271 e. The fourth-order valence-corrected chi connectivity index (χ4v) is 2.95. The van der Waals surface area contributed by atoms with Crippen LogP contribution in [0.15, 0.2) is 84.5 Å². The molecule has 1 amide bonds. The first kappa shape index (κ1) is 25.0. The smallest absolute Gasteiger partial charge is 0.271 e. The summed E-state index contributed by atoms with van der Waals surface area (Å²) in [5.41, 5.74) is 4.49. The van der Waals surface area contributed by atoms with Gasteiger partial charge in [-0.15, -0.1) is 0 Å². The molecule has 3 rings (SSSR count). The van der Waals surface area contributed by atoms with Gasteiger partial charge in [0.2, 0.25) is 0 Å². The molecule has 0 unspecified atom stereocenters. The number of amides is 1. The maximum atomic E-state index is 12.5. The molecule has 0 aromatic heterocycles. The van der Waals surface area contributed by atoms with Gasteiger partial charge >= 0.3 is 0 Å². The zero-order valence-corrected chi connectivity index (χ0v) is 19.2. The Hall–Kier alpha value is -4.66. The van der Waals surface area contributed by atoms with Crippen molar-refractivity contribution in [2.45, 2.75) is 13.5 Å². The summed E-state index contributed by atoms with van der Waals surface area (Å²) in [6.07, 6.45) is 3.14. The Labute approximate surface area is 202 Å². The molecule has 180 valence electrons. The number of nitro benzene ring substituents is 1. The van der Waals surface area contributed by atoms with Gasteiger partial charge in [-0.05, 0) is 72.6 Å². The lowest BCUT2D eigenvalue weighted by Crippen LogP contribution is -2.17. The topological polar surface area (TPSA) is 112 Å². The van der Waals surface area contributed by atoms with Crippen molar-refractivity contribution in [1.29, 1.82) is 0 Å². The molecule has 3 aromatic rings. The third-order valence-corrected chi connectivity index (χ3v) is 4.67. The minimum absolute atomic E-state index is 0.0359. The highest BCUT2D eigenvalue weighted by molar-refractivity contribution is 5.95. The number of hydrogen-bond donors (Lipinski definition) is 1. The first-order chi connectivity index (χ1) is 17.0. The van der Waals surface area contributed by atoms with Crippen LogP contribution < -0.4 is 19.6 Å². The molecule has 0 radical (unpaired) electrons. The largest absolute Gasteiger partial charge is 0.490 e. The Morgan fingerprint density at radius 3 is 2.43 bits per heavy atom. The number of nitrogens with one attached hydrogen (secondary N) is 1. The van der Waals surface area contributed by atoms with E-state index in [-0.39, 0.29) is 18.2 Å². The summed E-state index contributed by atoms with van der Waals surface area (Å²) >= 11 is 0. The van der Waals surface area contributed by atoms with Crippen LogP contribution in [0.4, 0.5) is 5.69 Å². The second-order valence-electron chi connectivity index (χ2n) is 7.17. The van der Waals surface area contributed by atoms with Crippen molar-refractivity contribution in [3.8, 4) is 17.2 Å². The predicted octanol–water partition coefficient (Wildman–Crippen LogP) is 4.90. The van der Waals surface area contributed by atoms with E-state index in [1.165, 1.54) is 18.3 Å². The van der Waals surface area contributed by atoms with Crippen LogP contribution in [0, 0.1) is 10.1 Å². The second-order valence-corrected chi connectivity index (χ2v) is 7.17. The summed E-state index contributed by atoms with van der Waals surface area (Å²) < 4.78 is 16.8. The summed E-state index contributed by atoms with van der Waals surface area (Å²) in [6.45, 7) is 6.51. The molecule has 9 heteroatoms. The lowest BCUT2D eigenvalue weighted by Gasteiger charge is -2.12. The first-order valence-electron chi connectivity index (χ1n) is 10.8. The van der Waals surface area contributed by atoms with Gasteiger partial charge in [0.1, 0.15) is 19.0 Å². The number of nitrogens with zero attached hydrogens (tertiary/aromatic N) is 2. The number of hydrogen-bond acceptors (Lipinski definition) is 7. The van der Waals surface area contributed by atoms with E-state index in [0.29, 0.717) is 36.0 Å². The molecular weight excluding hydrogens is 450 g/mol. The van der Waals surface area contributed by atoms with Crippen LogP contribution in [0.25, 0.3) is 0 Å². The zero-order valence-electron chi connectivity index (χ0n) is 19.2. The number of non-ortho nitro benzene ring substituents is 1. The van der Waals surface area contributed by atoms with Gasteiger partial charge in [-0.1, -0.05) is 12.7 Å². The summed E-state index contributed by atoms with van der Waals surface area (Å²) in [5, 5.41) is 14.7. The molecule has 0 aliphatic heterocycles. The number of carbonyl (C=O) groups is 1. The number of carbonyl (C=O) groups excluding carboxylic acids is 1. The van der Waals surface area contributed by atoms with E-state index in [2.05, 4.69) is 17.1 Å². The van der Waals surface area contributed by atoms with E-state index in [9.17, 15) is 14.9 Å². The monoisotopic (exact) mass is 475 g/mol. The van der Waals surface area contributed by atoms with Gasteiger partial charge in [-0.3, -0.25) is 14.9 Å². The van der Waals surface area contributed by atoms with E-state index in [0.717, 1.165) is 11.1 Å². The third kappa shape index (κ3) is 7.43. The van der Waals surface area contributed by atoms with Gasteiger partial charge in [0.05, 0.1) is 17.7 Å². The van der Waals surface area contributed by atoms with E-state index in [1.54, 1.807) is 60.7 Å². The fraction of sp³-hybridized carbons (Fsp3) is 0.154. The van der Waals surface area contributed by atoms with E-state index >= 15 is 0 Å². The van der Waals surface area contributed by atoms with Crippen molar-refractivity contribution >= 4 is 17.8 Å². The highest BCUT2D eigenvalue weighted by Gasteiger charge is 2.11. The number of ether oxygens (including phenoxy) is 3. The Balaban J connectivity index is 1.53. The average molecular weight is 476 g/mol.